The Kier molecular flexibility index (Phi) is 3.60. The summed E-state index contributed by atoms with van der Waals surface area (Å²) in [6, 6.07) is 5.14. The van der Waals surface area contributed by atoms with Crippen molar-refractivity contribution < 1.29 is 14.1 Å². The van der Waals surface area contributed by atoms with Crippen molar-refractivity contribution in [1.29, 1.82) is 0 Å². The van der Waals surface area contributed by atoms with E-state index in [1.165, 1.54) is 0 Å². The van der Waals surface area contributed by atoms with Crippen molar-refractivity contribution in [3.8, 4) is 5.75 Å². The van der Waals surface area contributed by atoms with E-state index in [0.29, 0.717) is 30.3 Å². The molecule has 3 rings (SSSR count). The van der Waals surface area contributed by atoms with E-state index in [9.17, 15) is 4.79 Å². The second-order valence-corrected chi connectivity index (χ2v) is 5.02. The van der Waals surface area contributed by atoms with Crippen LogP contribution >= 0.6 is 0 Å². The molecule has 0 unspecified atom stereocenters. The van der Waals surface area contributed by atoms with Crippen LogP contribution in [0.15, 0.2) is 22.7 Å². The molecule has 0 saturated carbocycles. The van der Waals surface area contributed by atoms with Gasteiger partial charge >= 0.3 is 0 Å². The summed E-state index contributed by atoms with van der Waals surface area (Å²) in [7, 11) is 0. The van der Waals surface area contributed by atoms with E-state index in [-0.39, 0.29) is 11.9 Å². The number of hydrogen-bond donors (Lipinski definition) is 1. The van der Waals surface area contributed by atoms with Crippen LogP contribution in [-0.2, 0) is 12.8 Å². The number of rotatable bonds is 4. The fourth-order valence-corrected chi connectivity index (χ4v) is 2.26. The van der Waals surface area contributed by atoms with Gasteiger partial charge in [-0.15, -0.1) is 0 Å². The zero-order valence-corrected chi connectivity index (χ0v) is 12.0. The van der Waals surface area contributed by atoms with E-state index in [4.69, 9.17) is 9.26 Å². The van der Waals surface area contributed by atoms with Crippen LogP contribution in [0, 0.1) is 0 Å². The number of nitrogens with one attached hydrogen (secondary N) is 1. The van der Waals surface area contributed by atoms with Gasteiger partial charge in [-0.3, -0.25) is 4.79 Å². The zero-order chi connectivity index (χ0) is 14.8. The summed E-state index contributed by atoms with van der Waals surface area (Å²) in [6.07, 6.45) is 1.55. The van der Waals surface area contributed by atoms with Crippen LogP contribution in [0.5, 0.6) is 5.75 Å². The Morgan fingerprint density at radius 1 is 1.48 bits per heavy atom. The normalized spacial score (nSPS) is 14.4. The van der Waals surface area contributed by atoms with Crippen LogP contribution in [0.25, 0.3) is 0 Å². The SMILES string of the molecule is CCc1noc([C@@H](C)NC(=O)c2ccc3c(c2)CCO3)n1. The van der Waals surface area contributed by atoms with Crippen LogP contribution in [0.4, 0.5) is 0 Å². The lowest BCUT2D eigenvalue weighted by Gasteiger charge is -2.10. The second-order valence-electron chi connectivity index (χ2n) is 5.02. The first-order valence-corrected chi connectivity index (χ1v) is 7.06. The molecule has 0 radical (unpaired) electrons. The predicted molar refractivity (Wildman–Crippen MR) is 75.2 cm³/mol. The number of nitrogens with zero attached hydrogens (tertiary/aromatic N) is 2. The summed E-state index contributed by atoms with van der Waals surface area (Å²) in [5.74, 6) is 1.77. The number of benzene rings is 1. The molecule has 1 atom stereocenters. The largest absolute Gasteiger partial charge is 0.493 e. The van der Waals surface area contributed by atoms with Crippen molar-refractivity contribution in [2.45, 2.75) is 32.7 Å². The van der Waals surface area contributed by atoms with Crippen molar-refractivity contribution in [1.82, 2.24) is 15.5 Å². The molecule has 6 nitrogen and oxygen atoms in total. The molecule has 110 valence electrons. The molecule has 0 fully saturated rings. The maximum absolute atomic E-state index is 12.3. The molecular weight excluding hydrogens is 270 g/mol. The van der Waals surface area contributed by atoms with E-state index < -0.39 is 0 Å². The topological polar surface area (TPSA) is 77.2 Å². The van der Waals surface area contributed by atoms with E-state index in [1.54, 1.807) is 6.07 Å². The molecule has 1 amide bonds. The highest BCUT2D eigenvalue weighted by atomic mass is 16.5. The minimum atomic E-state index is -0.324. The molecule has 21 heavy (non-hydrogen) atoms. The Morgan fingerprint density at radius 3 is 3.10 bits per heavy atom. The molecule has 1 aliphatic rings. The summed E-state index contributed by atoms with van der Waals surface area (Å²) in [5, 5.41) is 6.69. The van der Waals surface area contributed by atoms with Crippen LogP contribution in [0.1, 0.15) is 47.5 Å². The van der Waals surface area contributed by atoms with Gasteiger partial charge in [0.1, 0.15) is 11.8 Å². The maximum Gasteiger partial charge on any atom is 0.251 e. The summed E-state index contributed by atoms with van der Waals surface area (Å²) < 4.78 is 10.6. The van der Waals surface area contributed by atoms with Gasteiger partial charge in [0, 0.05) is 18.4 Å². The van der Waals surface area contributed by atoms with Crippen LogP contribution in [-0.4, -0.2) is 22.7 Å². The third kappa shape index (κ3) is 2.74. The molecule has 0 aliphatic carbocycles. The average Bonchev–Trinajstić information content (AvgIpc) is 3.15. The first kappa shape index (κ1) is 13.6. The smallest absolute Gasteiger partial charge is 0.251 e. The highest BCUT2D eigenvalue weighted by molar-refractivity contribution is 5.94. The van der Waals surface area contributed by atoms with E-state index >= 15 is 0 Å². The van der Waals surface area contributed by atoms with Crippen molar-refractivity contribution >= 4 is 5.91 Å². The maximum atomic E-state index is 12.3. The molecule has 0 spiro atoms. The summed E-state index contributed by atoms with van der Waals surface area (Å²) in [6.45, 7) is 4.45. The lowest BCUT2D eigenvalue weighted by molar-refractivity contribution is 0.0932. The van der Waals surface area contributed by atoms with E-state index in [1.807, 2.05) is 26.0 Å². The van der Waals surface area contributed by atoms with E-state index in [2.05, 4.69) is 15.5 Å². The van der Waals surface area contributed by atoms with Gasteiger partial charge in [-0.2, -0.15) is 4.98 Å². The van der Waals surface area contributed by atoms with Crippen molar-refractivity contribution in [3.63, 3.8) is 0 Å². The molecule has 6 heteroatoms. The number of fused-ring (bicyclic) bond motifs is 1. The Hall–Kier alpha value is -2.37. The first-order valence-electron chi connectivity index (χ1n) is 7.06. The number of carbonyl (C=O) groups excluding carboxylic acids is 1. The zero-order valence-electron chi connectivity index (χ0n) is 12.0. The summed E-state index contributed by atoms with van der Waals surface area (Å²) in [4.78, 5) is 16.5. The second kappa shape index (κ2) is 5.55. The third-order valence-corrected chi connectivity index (χ3v) is 3.47. The van der Waals surface area contributed by atoms with Gasteiger partial charge in [0.05, 0.1) is 6.61 Å². The highest BCUT2D eigenvalue weighted by Crippen LogP contribution is 2.26. The minimum Gasteiger partial charge on any atom is -0.493 e. The number of aromatic nitrogens is 2. The predicted octanol–water partition coefficient (Wildman–Crippen LogP) is 2.06. The Labute approximate surface area is 122 Å². The molecule has 0 bridgehead atoms. The van der Waals surface area contributed by atoms with Gasteiger partial charge < -0.3 is 14.6 Å². The fraction of sp³-hybridized carbons (Fsp3) is 0.400. The van der Waals surface area contributed by atoms with Gasteiger partial charge in [-0.1, -0.05) is 12.1 Å². The molecule has 2 heterocycles. The van der Waals surface area contributed by atoms with Crippen molar-refractivity contribution in [3.05, 3.63) is 41.0 Å². The van der Waals surface area contributed by atoms with Crippen LogP contribution < -0.4 is 10.1 Å². The minimum absolute atomic E-state index is 0.159. The lowest BCUT2D eigenvalue weighted by atomic mass is 10.1. The van der Waals surface area contributed by atoms with Crippen molar-refractivity contribution in [2.75, 3.05) is 6.61 Å². The summed E-state index contributed by atoms with van der Waals surface area (Å²) >= 11 is 0. The fourth-order valence-electron chi connectivity index (χ4n) is 2.26. The molecular formula is C15H17N3O3. The number of aryl methyl sites for hydroxylation is 1. The van der Waals surface area contributed by atoms with Crippen LogP contribution in [0.3, 0.4) is 0 Å². The average molecular weight is 287 g/mol. The lowest BCUT2D eigenvalue weighted by Crippen LogP contribution is -2.26. The van der Waals surface area contributed by atoms with E-state index in [0.717, 1.165) is 17.7 Å². The molecule has 1 aliphatic heterocycles. The number of carbonyl (C=O) groups is 1. The van der Waals surface area contributed by atoms with Gasteiger partial charge in [0.15, 0.2) is 5.82 Å². The van der Waals surface area contributed by atoms with Gasteiger partial charge in [-0.05, 0) is 30.7 Å². The van der Waals surface area contributed by atoms with Gasteiger partial charge in [0.25, 0.3) is 5.91 Å². The van der Waals surface area contributed by atoms with Crippen LogP contribution in [0.2, 0.25) is 0 Å². The standard InChI is InChI=1S/C15H17N3O3/c1-3-13-17-15(21-18-13)9(2)16-14(19)11-4-5-12-10(8-11)6-7-20-12/h4-5,8-9H,3,6-7H2,1-2H3,(H,16,19)/t9-/m1/s1. The van der Waals surface area contributed by atoms with Crippen molar-refractivity contribution in [2.24, 2.45) is 0 Å². The quantitative estimate of drug-likeness (QED) is 0.931. The molecule has 1 aromatic carbocycles. The Morgan fingerprint density at radius 2 is 2.33 bits per heavy atom. The molecule has 1 N–H and O–H groups in total. The number of ether oxygens (including phenoxy) is 1. The molecule has 2 aromatic rings. The molecule has 1 aromatic heterocycles. The van der Waals surface area contributed by atoms with Gasteiger partial charge in [0.2, 0.25) is 5.89 Å². The third-order valence-electron chi connectivity index (χ3n) is 3.47. The highest BCUT2D eigenvalue weighted by Gasteiger charge is 2.19. The Balaban J connectivity index is 1.70. The Bertz CT molecular complexity index is 666. The monoisotopic (exact) mass is 287 g/mol. The number of hydrogen-bond acceptors (Lipinski definition) is 5. The van der Waals surface area contributed by atoms with Gasteiger partial charge in [-0.25, -0.2) is 0 Å². The summed E-state index contributed by atoms with van der Waals surface area (Å²) in [5.41, 5.74) is 1.68. The number of amides is 1. The first-order chi connectivity index (χ1) is 10.2. The molecule has 0 saturated heterocycles.